The van der Waals surface area contributed by atoms with Gasteiger partial charge in [0.1, 0.15) is 0 Å². The lowest BCUT2D eigenvalue weighted by molar-refractivity contribution is 0.640. The molecule has 0 fully saturated rings. The van der Waals surface area contributed by atoms with Crippen molar-refractivity contribution in [1.82, 2.24) is 9.55 Å². The molecule has 0 aromatic carbocycles. The molecule has 1 rings (SSSR count). The molecule has 0 atom stereocenters. The van der Waals surface area contributed by atoms with E-state index in [0.717, 1.165) is 4.57 Å². The molecule has 5 heteroatoms. The molecule has 1 aromatic rings. The highest BCUT2D eigenvalue weighted by atomic mass is 16.2. The van der Waals surface area contributed by atoms with E-state index in [1.165, 1.54) is 12.3 Å². The Morgan fingerprint density at radius 1 is 1.58 bits per heavy atom. The molecule has 0 radical (unpaired) electrons. The highest BCUT2D eigenvalue weighted by Crippen LogP contribution is 1.77. The molecule has 0 aliphatic carbocycles. The van der Waals surface area contributed by atoms with Gasteiger partial charge in [0.2, 0.25) is 0 Å². The van der Waals surface area contributed by atoms with Gasteiger partial charge in [-0.15, -0.1) is 0 Å². The van der Waals surface area contributed by atoms with Gasteiger partial charge in [-0.1, -0.05) is 0 Å². The van der Waals surface area contributed by atoms with E-state index < -0.39 is 5.69 Å². The first-order valence-electron chi connectivity index (χ1n) is 3.41. The Kier molecular flexibility index (Phi) is 2.43. The SMILES string of the molecule is N#CCCn1c(=O)cc[nH]c1=O. The van der Waals surface area contributed by atoms with Crippen LogP contribution >= 0.6 is 0 Å². The molecule has 0 unspecified atom stereocenters. The monoisotopic (exact) mass is 165 g/mol. The fourth-order valence-electron chi connectivity index (χ4n) is 0.826. The molecule has 0 spiro atoms. The maximum Gasteiger partial charge on any atom is 0.328 e. The van der Waals surface area contributed by atoms with Crippen LogP contribution in [-0.4, -0.2) is 9.55 Å². The number of rotatable bonds is 2. The summed E-state index contributed by atoms with van der Waals surface area (Å²) in [5.74, 6) is 0. The summed E-state index contributed by atoms with van der Waals surface area (Å²) in [7, 11) is 0. The van der Waals surface area contributed by atoms with E-state index in [0.29, 0.717) is 0 Å². The van der Waals surface area contributed by atoms with Gasteiger partial charge >= 0.3 is 5.69 Å². The number of hydrogen-bond acceptors (Lipinski definition) is 3. The maximum atomic E-state index is 11.0. The number of aromatic nitrogens is 2. The van der Waals surface area contributed by atoms with Crippen LogP contribution in [0.2, 0.25) is 0 Å². The minimum absolute atomic E-state index is 0.144. The van der Waals surface area contributed by atoms with Crippen LogP contribution in [0.4, 0.5) is 0 Å². The summed E-state index contributed by atoms with van der Waals surface area (Å²) in [4.78, 5) is 24.3. The maximum absolute atomic E-state index is 11.0. The van der Waals surface area contributed by atoms with Gasteiger partial charge in [0.15, 0.2) is 0 Å². The second-order valence-corrected chi connectivity index (χ2v) is 2.18. The standard InChI is InChI=1S/C7H7N3O2/c8-3-1-5-10-6(11)2-4-9-7(10)12/h2,4H,1,5H2,(H,9,12). The van der Waals surface area contributed by atoms with Gasteiger partial charge in [0.25, 0.3) is 5.56 Å². The zero-order valence-corrected chi connectivity index (χ0v) is 6.28. The zero-order valence-electron chi connectivity index (χ0n) is 6.28. The Morgan fingerprint density at radius 2 is 2.33 bits per heavy atom. The Balaban J connectivity index is 3.07. The first kappa shape index (κ1) is 8.27. The van der Waals surface area contributed by atoms with E-state index in [1.54, 1.807) is 0 Å². The van der Waals surface area contributed by atoms with E-state index in [9.17, 15) is 9.59 Å². The number of nitriles is 1. The molecule has 0 bridgehead atoms. The molecule has 5 nitrogen and oxygen atoms in total. The number of nitrogens with zero attached hydrogens (tertiary/aromatic N) is 2. The first-order valence-corrected chi connectivity index (χ1v) is 3.41. The van der Waals surface area contributed by atoms with Crippen LogP contribution in [0.3, 0.4) is 0 Å². The van der Waals surface area contributed by atoms with Crippen molar-refractivity contribution in [2.45, 2.75) is 13.0 Å². The van der Waals surface area contributed by atoms with Gasteiger partial charge in [-0.25, -0.2) is 4.79 Å². The lowest BCUT2D eigenvalue weighted by Crippen LogP contribution is -2.33. The third-order valence-corrected chi connectivity index (χ3v) is 1.39. The number of hydrogen-bond donors (Lipinski definition) is 1. The van der Waals surface area contributed by atoms with Crippen LogP contribution in [0.1, 0.15) is 6.42 Å². The third kappa shape index (κ3) is 1.61. The first-order chi connectivity index (χ1) is 5.75. The summed E-state index contributed by atoms with van der Waals surface area (Å²) in [5.41, 5.74) is -0.855. The van der Waals surface area contributed by atoms with E-state index >= 15 is 0 Å². The summed E-state index contributed by atoms with van der Waals surface area (Å²) in [6.45, 7) is 0.144. The molecule has 1 N–H and O–H groups in total. The van der Waals surface area contributed by atoms with Crippen LogP contribution in [0.5, 0.6) is 0 Å². The third-order valence-electron chi connectivity index (χ3n) is 1.39. The van der Waals surface area contributed by atoms with Gasteiger partial charge < -0.3 is 4.98 Å². The summed E-state index contributed by atoms with van der Waals surface area (Å²) in [6, 6.07) is 3.11. The fraction of sp³-hybridized carbons (Fsp3) is 0.286. The summed E-state index contributed by atoms with van der Waals surface area (Å²) >= 11 is 0. The minimum Gasteiger partial charge on any atom is -0.314 e. The van der Waals surface area contributed by atoms with Crippen LogP contribution in [0.25, 0.3) is 0 Å². The number of nitrogens with one attached hydrogen (secondary N) is 1. The molecule has 0 saturated carbocycles. The van der Waals surface area contributed by atoms with Crippen molar-refractivity contribution in [1.29, 1.82) is 5.26 Å². The molecule has 0 amide bonds. The normalized spacial score (nSPS) is 9.25. The van der Waals surface area contributed by atoms with Gasteiger partial charge in [0.05, 0.1) is 12.5 Å². The van der Waals surface area contributed by atoms with E-state index in [1.807, 2.05) is 6.07 Å². The molecule has 1 aromatic heterocycles. The molecular weight excluding hydrogens is 158 g/mol. The van der Waals surface area contributed by atoms with Gasteiger partial charge in [-0.2, -0.15) is 5.26 Å². The molecule has 62 valence electrons. The summed E-state index contributed by atoms with van der Waals surface area (Å²) < 4.78 is 0.989. The molecule has 12 heavy (non-hydrogen) atoms. The van der Waals surface area contributed by atoms with Gasteiger partial charge in [0, 0.05) is 18.8 Å². The predicted molar refractivity (Wildman–Crippen MR) is 41.6 cm³/mol. The topological polar surface area (TPSA) is 78.7 Å². The predicted octanol–water partition coefficient (Wildman–Crippen LogP) is -0.550. The Bertz CT molecular complexity index is 381. The lowest BCUT2D eigenvalue weighted by atomic mass is 10.4. The van der Waals surface area contributed by atoms with Gasteiger partial charge in [-0.3, -0.25) is 9.36 Å². The van der Waals surface area contributed by atoms with E-state index in [4.69, 9.17) is 5.26 Å². The molecule has 0 saturated heterocycles. The van der Waals surface area contributed by atoms with Crippen molar-refractivity contribution in [3.05, 3.63) is 33.1 Å². The second-order valence-electron chi connectivity index (χ2n) is 2.18. The Labute approximate surface area is 67.9 Å². The molecule has 1 heterocycles. The van der Waals surface area contributed by atoms with Crippen LogP contribution in [0.15, 0.2) is 21.9 Å². The van der Waals surface area contributed by atoms with E-state index in [2.05, 4.69) is 4.98 Å². The van der Waals surface area contributed by atoms with Crippen molar-refractivity contribution in [3.8, 4) is 6.07 Å². The number of H-pyrrole nitrogens is 1. The van der Waals surface area contributed by atoms with Crippen molar-refractivity contribution in [2.24, 2.45) is 0 Å². The van der Waals surface area contributed by atoms with Crippen molar-refractivity contribution in [2.75, 3.05) is 0 Å². The zero-order chi connectivity index (χ0) is 8.97. The largest absolute Gasteiger partial charge is 0.328 e. The smallest absolute Gasteiger partial charge is 0.314 e. The van der Waals surface area contributed by atoms with Crippen molar-refractivity contribution < 1.29 is 0 Å². The van der Waals surface area contributed by atoms with Crippen molar-refractivity contribution in [3.63, 3.8) is 0 Å². The van der Waals surface area contributed by atoms with Crippen LogP contribution in [0, 0.1) is 11.3 Å². The quantitative estimate of drug-likeness (QED) is 0.638. The average molecular weight is 165 g/mol. The van der Waals surface area contributed by atoms with Gasteiger partial charge in [-0.05, 0) is 0 Å². The van der Waals surface area contributed by atoms with Crippen LogP contribution in [-0.2, 0) is 6.54 Å². The lowest BCUT2D eigenvalue weighted by Gasteiger charge is -1.97. The molecular formula is C7H7N3O2. The molecule has 0 aliphatic rings. The highest BCUT2D eigenvalue weighted by molar-refractivity contribution is 4.83. The highest BCUT2D eigenvalue weighted by Gasteiger charge is 1.97. The Morgan fingerprint density at radius 3 is 2.92 bits per heavy atom. The van der Waals surface area contributed by atoms with Crippen LogP contribution < -0.4 is 11.2 Å². The average Bonchev–Trinajstić information content (AvgIpc) is 2.04. The Hall–Kier alpha value is -1.83. The fourth-order valence-corrected chi connectivity index (χ4v) is 0.826. The summed E-state index contributed by atoms with van der Waals surface area (Å²) in [6.07, 6.45) is 1.44. The summed E-state index contributed by atoms with van der Waals surface area (Å²) in [5, 5.41) is 8.23. The van der Waals surface area contributed by atoms with E-state index in [-0.39, 0.29) is 18.5 Å². The van der Waals surface area contributed by atoms with Crippen molar-refractivity contribution >= 4 is 0 Å². The second kappa shape index (κ2) is 3.53. The minimum atomic E-state index is -0.474. The molecule has 0 aliphatic heterocycles. The number of aromatic amines is 1.